The summed E-state index contributed by atoms with van der Waals surface area (Å²) in [6.45, 7) is 4.62. The summed E-state index contributed by atoms with van der Waals surface area (Å²) in [6, 6.07) is 0.422. The molecule has 0 amide bonds. The second kappa shape index (κ2) is 2.22. The molecule has 2 rings (SSSR count). The van der Waals surface area contributed by atoms with E-state index in [4.69, 9.17) is 5.73 Å². The van der Waals surface area contributed by atoms with Gasteiger partial charge in [-0.25, -0.2) is 0 Å². The first kappa shape index (κ1) is 7.60. The molecule has 0 aliphatic heterocycles. The predicted molar refractivity (Wildman–Crippen MR) is 47.2 cm³/mol. The SMILES string of the molecule is CC(N)[C@@H]1C[C@H]2CC[C@]1(C)C2. The first-order valence-electron chi connectivity index (χ1n) is 4.87. The van der Waals surface area contributed by atoms with Gasteiger partial charge < -0.3 is 5.73 Å². The molecule has 2 saturated carbocycles. The van der Waals surface area contributed by atoms with Crippen LogP contribution in [0.3, 0.4) is 0 Å². The van der Waals surface area contributed by atoms with Crippen LogP contribution in [0.5, 0.6) is 0 Å². The predicted octanol–water partition coefficient (Wildman–Crippen LogP) is 2.16. The highest BCUT2D eigenvalue weighted by atomic mass is 14.7. The Morgan fingerprint density at radius 1 is 1.55 bits per heavy atom. The first-order chi connectivity index (χ1) is 5.12. The summed E-state index contributed by atoms with van der Waals surface area (Å²) >= 11 is 0. The second-order valence-corrected chi connectivity index (χ2v) is 4.96. The van der Waals surface area contributed by atoms with E-state index in [2.05, 4.69) is 13.8 Å². The van der Waals surface area contributed by atoms with Crippen LogP contribution >= 0.6 is 0 Å². The van der Waals surface area contributed by atoms with E-state index in [1.807, 2.05) is 0 Å². The van der Waals surface area contributed by atoms with Crippen LogP contribution in [-0.4, -0.2) is 6.04 Å². The summed E-state index contributed by atoms with van der Waals surface area (Å²) < 4.78 is 0. The fraction of sp³-hybridized carbons (Fsp3) is 1.00. The molecule has 0 saturated heterocycles. The van der Waals surface area contributed by atoms with E-state index in [1.54, 1.807) is 0 Å². The lowest BCUT2D eigenvalue weighted by Gasteiger charge is -2.34. The van der Waals surface area contributed by atoms with Gasteiger partial charge in [-0.2, -0.15) is 0 Å². The normalized spacial score (nSPS) is 51.5. The van der Waals surface area contributed by atoms with Crippen molar-refractivity contribution in [3.63, 3.8) is 0 Å². The van der Waals surface area contributed by atoms with Crippen molar-refractivity contribution in [2.24, 2.45) is 23.0 Å². The molecule has 0 radical (unpaired) electrons. The van der Waals surface area contributed by atoms with Crippen molar-refractivity contribution in [3.8, 4) is 0 Å². The molecular weight excluding hydrogens is 134 g/mol. The quantitative estimate of drug-likeness (QED) is 0.614. The van der Waals surface area contributed by atoms with Crippen LogP contribution < -0.4 is 5.73 Å². The Morgan fingerprint density at radius 2 is 2.27 bits per heavy atom. The Kier molecular flexibility index (Phi) is 1.54. The highest BCUT2D eigenvalue weighted by Gasteiger charge is 2.49. The lowest BCUT2D eigenvalue weighted by Crippen LogP contribution is -2.36. The van der Waals surface area contributed by atoms with Crippen molar-refractivity contribution < 1.29 is 0 Å². The third kappa shape index (κ3) is 1.01. The largest absolute Gasteiger partial charge is 0.328 e. The topological polar surface area (TPSA) is 26.0 Å². The fourth-order valence-electron chi connectivity index (χ4n) is 3.43. The van der Waals surface area contributed by atoms with Gasteiger partial charge in [-0.05, 0) is 49.9 Å². The van der Waals surface area contributed by atoms with E-state index in [-0.39, 0.29) is 0 Å². The lowest BCUT2D eigenvalue weighted by molar-refractivity contribution is 0.183. The second-order valence-electron chi connectivity index (χ2n) is 4.96. The van der Waals surface area contributed by atoms with Gasteiger partial charge in [0.2, 0.25) is 0 Å². The van der Waals surface area contributed by atoms with Crippen molar-refractivity contribution >= 4 is 0 Å². The summed E-state index contributed by atoms with van der Waals surface area (Å²) in [5.74, 6) is 1.84. The average molecular weight is 153 g/mol. The van der Waals surface area contributed by atoms with Crippen LogP contribution in [0.4, 0.5) is 0 Å². The number of hydrogen-bond donors (Lipinski definition) is 1. The average Bonchev–Trinajstić information content (AvgIpc) is 2.41. The van der Waals surface area contributed by atoms with Crippen molar-refractivity contribution in [2.45, 2.75) is 45.6 Å². The molecule has 2 bridgehead atoms. The monoisotopic (exact) mass is 153 g/mol. The van der Waals surface area contributed by atoms with E-state index < -0.39 is 0 Å². The molecule has 1 unspecified atom stereocenters. The van der Waals surface area contributed by atoms with Crippen molar-refractivity contribution in [1.29, 1.82) is 0 Å². The van der Waals surface area contributed by atoms with Gasteiger partial charge in [0.25, 0.3) is 0 Å². The zero-order chi connectivity index (χ0) is 8.06. The Bertz CT molecular complexity index is 164. The third-order valence-electron chi connectivity index (χ3n) is 4.00. The minimum absolute atomic E-state index is 0.422. The molecule has 11 heavy (non-hydrogen) atoms. The minimum Gasteiger partial charge on any atom is -0.328 e. The molecule has 2 fully saturated rings. The molecule has 0 spiro atoms. The minimum atomic E-state index is 0.422. The summed E-state index contributed by atoms with van der Waals surface area (Å²) in [7, 11) is 0. The molecule has 1 heteroatoms. The molecule has 2 aliphatic rings. The standard InChI is InChI=1S/C10H19N/c1-7(11)9-5-8-3-4-10(9,2)6-8/h7-9H,3-6,11H2,1-2H3/t7?,8-,9+,10-/m1/s1. The van der Waals surface area contributed by atoms with Crippen LogP contribution in [0.25, 0.3) is 0 Å². The third-order valence-corrected chi connectivity index (χ3v) is 4.00. The summed E-state index contributed by atoms with van der Waals surface area (Å²) in [4.78, 5) is 0. The van der Waals surface area contributed by atoms with Crippen LogP contribution in [0.1, 0.15) is 39.5 Å². The van der Waals surface area contributed by atoms with Gasteiger partial charge in [0.15, 0.2) is 0 Å². The first-order valence-corrected chi connectivity index (χ1v) is 4.87. The van der Waals surface area contributed by atoms with Crippen LogP contribution in [0, 0.1) is 17.3 Å². The van der Waals surface area contributed by atoms with Gasteiger partial charge in [0.05, 0.1) is 0 Å². The fourth-order valence-corrected chi connectivity index (χ4v) is 3.43. The maximum absolute atomic E-state index is 5.97. The Labute approximate surface area is 69.4 Å². The number of fused-ring (bicyclic) bond motifs is 2. The molecule has 0 aromatic rings. The molecule has 64 valence electrons. The van der Waals surface area contributed by atoms with Gasteiger partial charge in [0.1, 0.15) is 0 Å². The summed E-state index contributed by atoms with van der Waals surface area (Å²) in [6.07, 6.45) is 5.77. The number of hydrogen-bond acceptors (Lipinski definition) is 1. The highest BCUT2D eigenvalue weighted by Crippen LogP contribution is 2.57. The van der Waals surface area contributed by atoms with Gasteiger partial charge in [-0.3, -0.25) is 0 Å². The molecule has 2 aliphatic carbocycles. The van der Waals surface area contributed by atoms with E-state index in [9.17, 15) is 0 Å². The van der Waals surface area contributed by atoms with Gasteiger partial charge in [0, 0.05) is 6.04 Å². The smallest absolute Gasteiger partial charge is 0.00440 e. The molecule has 1 nitrogen and oxygen atoms in total. The Hall–Kier alpha value is -0.0400. The van der Waals surface area contributed by atoms with Gasteiger partial charge >= 0.3 is 0 Å². The van der Waals surface area contributed by atoms with Gasteiger partial charge in [-0.15, -0.1) is 0 Å². The summed E-state index contributed by atoms with van der Waals surface area (Å²) in [5, 5.41) is 0. The Balaban J connectivity index is 2.15. The number of nitrogens with two attached hydrogens (primary N) is 1. The molecule has 0 aromatic heterocycles. The molecule has 0 aromatic carbocycles. The van der Waals surface area contributed by atoms with E-state index in [0.29, 0.717) is 11.5 Å². The van der Waals surface area contributed by atoms with Crippen molar-refractivity contribution in [3.05, 3.63) is 0 Å². The van der Waals surface area contributed by atoms with E-state index in [0.717, 1.165) is 11.8 Å². The van der Waals surface area contributed by atoms with Gasteiger partial charge in [-0.1, -0.05) is 6.92 Å². The van der Waals surface area contributed by atoms with E-state index >= 15 is 0 Å². The Morgan fingerprint density at radius 3 is 2.55 bits per heavy atom. The summed E-state index contributed by atoms with van der Waals surface area (Å²) in [5.41, 5.74) is 6.59. The maximum atomic E-state index is 5.97. The zero-order valence-corrected chi connectivity index (χ0v) is 7.64. The molecule has 4 atom stereocenters. The maximum Gasteiger partial charge on any atom is 0.00440 e. The van der Waals surface area contributed by atoms with Crippen molar-refractivity contribution in [2.75, 3.05) is 0 Å². The molecule has 0 heterocycles. The van der Waals surface area contributed by atoms with Crippen LogP contribution in [0.2, 0.25) is 0 Å². The van der Waals surface area contributed by atoms with E-state index in [1.165, 1.54) is 25.7 Å². The molecular formula is C10H19N. The van der Waals surface area contributed by atoms with Crippen LogP contribution in [-0.2, 0) is 0 Å². The lowest BCUT2D eigenvalue weighted by atomic mass is 9.73. The molecule has 2 N–H and O–H groups in total. The highest BCUT2D eigenvalue weighted by molar-refractivity contribution is 5.01. The zero-order valence-electron chi connectivity index (χ0n) is 7.64. The van der Waals surface area contributed by atoms with Crippen LogP contribution in [0.15, 0.2) is 0 Å². The van der Waals surface area contributed by atoms with Crippen molar-refractivity contribution in [1.82, 2.24) is 0 Å². The number of rotatable bonds is 1.